The Bertz CT molecular complexity index is 622. The zero-order valence-electron chi connectivity index (χ0n) is 10.0. The number of nitrogen functional groups attached to an aromatic ring is 1. The molecule has 100 valence electrons. The molecule has 0 saturated heterocycles. The Balaban J connectivity index is 2.33. The number of nitrogens with two attached hydrogens (primary N) is 1. The zero-order valence-corrected chi connectivity index (χ0v) is 12.3. The summed E-state index contributed by atoms with van der Waals surface area (Å²) in [6.07, 6.45) is 0. The Kier molecular flexibility index (Phi) is 4.17. The molecular weight excluding hydrogens is 335 g/mol. The standard InChI is InChI=1S/C13H11BrClFN2O/c1-19-13-4-7(2-3-8(13)14)18-12-6-10(16)9(15)5-11(12)17/h2-6,18H,17H2,1H3. The summed E-state index contributed by atoms with van der Waals surface area (Å²) in [4.78, 5) is 0. The van der Waals surface area contributed by atoms with E-state index in [4.69, 9.17) is 22.1 Å². The highest BCUT2D eigenvalue weighted by Gasteiger charge is 2.08. The summed E-state index contributed by atoms with van der Waals surface area (Å²) in [5.41, 5.74) is 7.33. The van der Waals surface area contributed by atoms with Crippen LogP contribution in [0.2, 0.25) is 5.02 Å². The van der Waals surface area contributed by atoms with Crippen LogP contribution in [0.1, 0.15) is 0 Å². The highest BCUT2D eigenvalue weighted by molar-refractivity contribution is 9.10. The maximum absolute atomic E-state index is 13.4. The van der Waals surface area contributed by atoms with Gasteiger partial charge >= 0.3 is 0 Å². The highest BCUT2D eigenvalue weighted by Crippen LogP contribution is 2.32. The third-order valence-corrected chi connectivity index (χ3v) is 3.47. The maximum Gasteiger partial charge on any atom is 0.144 e. The molecule has 19 heavy (non-hydrogen) atoms. The van der Waals surface area contributed by atoms with Gasteiger partial charge < -0.3 is 15.8 Å². The van der Waals surface area contributed by atoms with Crippen molar-refractivity contribution in [3.63, 3.8) is 0 Å². The molecule has 0 amide bonds. The maximum atomic E-state index is 13.4. The SMILES string of the molecule is COc1cc(Nc2cc(F)c(Cl)cc2N)ccc1Br. The van der Waals surface area contributed by atoms with E-state index in [0.717, 1.165) is 10.2 Å². The molecule has 0 heterocycles. The predicted molar refractivity (Wildman–Crippen MR) is 79.8 cm³/mol. The summed E-state index contributed by atoms with van der Waals surface area (Å²) in [6.45, 7) is 0. The van der Waals surface area contributed by atoms with Crippen LogP contribution in [-0.2, 0) is 0 Å². The van der Waals surface area contributed by atoms with Crippen molar-refractivity contribution in [1.29, 1.82) is 0 Å². The molecule has 0 atom stereocenters. The largest absolute Gasteiger partial charge is 0.495 e. The van der Waals surface area contributed by atoms with Crippen molar-refractivity contribution in [2.45, 2.75) is 0 Å². The van der Waals surface area contributed by atoms with Crippen LogP contribution in [0.25, 0.3) is 0 Å². The number of benzene rings is 2. The van der Waals surface area contributed by atoms with Gasteiger partial charge in [-0.15, -0.1) is 0 Å². The van der Waals surface area contributed by atoms with Crippen LogP contribution in [0.4, 0.5) is 21.5 Å². The molecular formula is C13H11BrClFN2O. The minimum absolute atomic E-state index is 0.00330. The third kappa shape index (κ3) is 3.11. The minimum Gasteiger partial charge on any atom is -0.495 e. The van der Waals surface area contributed by atoms with Crippen LogP contribution in [0.15, 0.2) is 34.8 Å². The molecule has 2 aromatic rings. The Labute approximate surface area is 123 Å². The second-order valence-corrected chi connectivity index (χ2v) is 5.09. The van der Waals surface area contributed by atoms with Gasteiger partial charge in [-0.1, -0.05) is 11.6 Å². The number of nitrogens with one attached hydrogen (secondary N) is 1. The zero-order chi connectivity index (χ0) is 14.0. The van der Waals surface area contributed by atoms with Gasteiger partial charge in [-0.3, -0.25) is 0 Å². The highest BCUT2D eigenvalue weighted by atomic mass is 79.9. The van der Waals surface area contributed by atoms with E-state index in [9.17, 15) is 4.39 Å². The summed E-state index contributed by atoms with van der Waals surface area (Å²) >= 11 is 9.01. The van der Waals surface area contributed by atoms with Crippen molar-refractivity contribution in [2.75, 3.05) is 18.2 Å². The van der Waals surface area contributed by atoms with E-state index in [1.807, 2.05) is 12.1 Å². The van der Waals surface area contributed by atoms with Crippen LogP contribution in [0.5, 0.6) is 5.75 Å². The molecule has 0 fully saturated rings. The van der Waals surface area contributed by atoms with Crippen LogP contribution in [-0.4, -0.2) is 7.11 Å². The van der Waals surface area contributed by atoms with Gasteiger partial charge in [-0.25, -0.2) is 4.39 Å². The number of hydrogen-bond donors (Lipinski definition) is 2. The van der Waals surface area contributed by atoms with Gasteiger partial charge in [0.15, 0.2) is 0 Å². The number of anilines is 3. The lowest BCUT2D eigenvalue weighted by Gasteiger charge is -2.12. The fraction of sp³-hybridized carbons (Fsp3) is 0.0769. The molecule has 0 spiro atoms. The smallest absolute Gasteiger partial charge is 0.144 e. The van der Waals surface area contributed by atoms with Crippen molar-refractivity contribution < 1.29 is 9.13 Å². The quantitative estimate of drug-likeness (QED) is 0.801. The van der Waals surface area contributed by atoms with E-state index in [-0.39, 0.29) is 5.02 Å². The number of ether oxygens (including phenoxy) is 1. The average molecular weight is 346 g/mol. The van der Waals surface area contributed by atoms with E-state index in [0.29, 0.717) is 17.1 Å². The Morgan fingerprint density at radius 1 is 1.32 bits per heavy atom. The lowest BCUT2D eigenvalue weighted by molar-refractivity contribution is 0.412. The van der Waals surface area contributed by atoms with Crippen molar-refractivity contribution in [3.8, 4) is 5.75 Å². The van der Waals surface area contributed by atoms with Gasteiger partial charge in [-0.2, -0.15) is 0 Å². The fourth-order valence-corrected chi connectivity index (χ4v) is 2.14. The first kappa shape index (κ1) is 14.0. The Morgan fingerprint density at radius 2 is 2.05 bits per heavy atom. The van der Waals surface area contributed by atoms with Crippen LogP contribution in [0.3, 0.4) is 0 Å². The molecule has 2 rings (SSSR count). The van der Waals surface area contributed by atoms with Crippen LogP contribution >= 0.6 is 27.5 Å². The number of rotatable bonds is 3. The van der Waals surface area contributed by atoms with E-state index in [1.54, 1.807) is 13.2 Å². The third-order valence-electron chi connectivity index (χ3n) is 2.52. The van der Waals surface area contributed by atoms with Crippen LogP contribution < -0.4 is 15.8 Å². The van der Waals surface area contributed by atoms with Gasteiger partial charge in [0, 0.05) is 17.8 Å². The molecule has 0 aliphatic carbocycles. The monoisotopic (exact) mass is 344 g/mol. The van der Waals surface area contributed by atoms with Crippen molar-refractivity contribution in [3.05, 3.63) is 45.6 Å². The van der Waals surface area contributed by atoms with Gasteiger partial charge in [0.2, 0.25) is 0 Å². The van der Waals surface area contributed by atoms with E-state index < -0.39 is 5.82 Å². The number of hydrogen-bond acceptors (Lipinski definition) is 3. The van der Waals surface area contributed by atoms with Crippen molar-refractivity contribution in [2.24, 2.45) is 0 Å². The first-order valence-corrected chi connectivity index (χ1v) is 6.53. The second-order valence-electron chi connectivity index (χ2n) is 3.83. The molecule has 0 bridgehead atoms. The minimum atomic E-state index is -0.526. The predicted octanol–water partition coefficient (Wildman–Crippen LogP) is 4.58. The first-order valence-electron chi connectivity index (χ1n) is 5.36. The lowest BCUT2D eigenvalue weighted by Crippen LogP contribution is -1.98. The topological polar surface area (TPSA) is 47.3 Å². The van der Waals surface area contributed by atoms with E-state index >= 15 is 0 Å². The molecule has 0 aliphatic heterocycles. The molecule has 0 aromatic heterocycles. The Morgan fingerprint density at radius 3 is 2.74 bits per heavy atom. The Hall–Kier alpha value is -1.46. The van der Waals surface area contributed by atoms with E-state index in [2.05, 4.69) is 21.2 Å². The van der Waals surface area contributed by atoms with E-state index in [1.165, 1.54) is 12.1 Å². The molecule has 0 saturated carbocycles. The first-order chi connectivity index (χ1) is 9.01. The molecule has 2 aromatic carbocycles. The second kappa shape index (κ2) is 5.67. The molecule has 0 radical (unpaired) electrons. The molecule has 3 N–H and O–H groups in total. The summed E-state index contributed by atoms with van der Waals surface area (Å²) in [7, 11) is 1.57. The van der Waals surface area contributed by atoms with Gasteiger partial charge in [0.25, 0.3) is 0 Å². The molecule has 0 unspecified atom stereocenters. The summed E-state index contributed by atoms with van der Waals surface area (Å²) in [5.74, 6) is 0.139. The summed E-state index contributed by atoms with van der Waals surface area (Å²) < 4.78 is 19.4. The normalized spacial score (nSPS) is 10.3. The van der Waals surface area contributed by atoms with Gasteiger partial charge in [0.1, 0.15) is 11.6 Å². The van der Waals surface area contributed by atoms with Crippen molar-refractivity contribution in [1.82, 2.24) is 0 Å². The number of methoxy groups -OCH3 is 1. The molecule has 6 heteroatoms. The molecule has 3 nitrogen and oxygen atoms in total. The number of halogens is 3. The van der Waals surface area contributed by atoms with Crippen molar-refractivity contribution >= 4 is 44.6 Å². The summed E-state index contributed by atoms with van der Waals surface area (Å²) in [5, 5.41) is 3.01. The molecule has 0 aliphatic rings. The van der Waals surface area contributed by atoms with Gasteiger partial charge in [-0.05, 0) is 34.1 Å². The summed E-state index contributed by atoms with van der Waals surface area (Å²) in [6, 6.07) is 8.04. The fourth-order valence-electron chi connectivity index (χ4n) is 1.56. The van der Waals surface area contributed by atoms with Crippen LogP contribution in [0, 0.1) is 5.82 Å². The van der Waals surface area contributed by atoms with Gasteiger partial charge in [0.05, 0.1) is 28.0 Å². The lowest BCUT2D eigenvalue weighted by atomic mass is 10.2. The average Bonchev–Trinajstić information content (AvgIpc) is 2.38.